The van der Waals surface area contributed by atoms with Crippen LogP contribution in [0.5, 0.6) is 0 Å². The highest BCUT2D eigenvalue weighted by Gasteiger charge is 2.31. The van der Waals surface area contributed by atoms with Crippen LogP contribution in [0, 0.1) is 6.92 Å². The third kappa shape index (κ3) is 3.54. The van der Waals surface area contributed by atoms with Crippen molar-refractivity contribution in [2.75, 3.05) is 0 Å². The molecule has 1 aliphatic rings. The van der Waals surface area contributed by atoms with Crippen LogP contribution in [0.25, 0.3) is 0 Å². The van der Waals surface area contributed by atoms with Gasteiger partial charge in [0.05, 0.1) is 0 Å². The number of carbonyl (C=O) groups is 2. The van der Waals surface area contributed by atoms with Crippen LogP contribution in [0.3, 0.4) is 0 Å². The molecule has 114 valence electrons. The molecule has 5 heteroatoms. The zero-order chi connectivity index (χ0) is 15.5. The number of hydrogen-bond acceptors (Lipinski definition) is 4. The van der Waals surface area contributed by atoms with Gasteiger partial charge >= 0.3 is 5.97 Å². The number of amides is 1. The maximum Gasteiger partial charge on any atom is 0.349 e. The summed E-state index contributed by atoms with van der Waals surface area (Å²) in [5.74, 6) is -0.715. The first-order chi connectivity index (χ1) is 10.6. The van der Waals surface area contributed by atoms with Crippen molar-refractivity contribution in [2.24, 2.45) is 0 Å². The maximum absolute atomic E-state index is 12.4. The molecule has 0 aliphatic heterocycles. The topological polar surface area (TPSA) is 55.4 Å². The van der Waals surface area contributed by atoms with Crippen molar-refractivity contribution in [3.8, 4) is 0 Å². The van der Waals surface area contributed by atoms with E-state index in [1.165, 1.54) is 11.3 Å². The second kappa shape index (κ2) is 6.32. The van der Waals surface area contributed by atoms with Crippen molar-refractivity contribution >= 4 is 23.2 Å². The number of benzene rings is 1. The molecule has 0 spiro atoms. The molecule has 0 saturated heterocycles. The van der Waals surface area contributed by atoms with E-state index < -0.39 is 12.1 Å². The van der Waals surface area contributed by atoms with E-state index in [0.717, 1.165) is 17.7 Å². The Morgan fingerprint density at radius 3 is 2.50 bits per heavy atom. The van der Waals surface area contributed by atoms with Crippen LogP contribution >= 0.6 is 11.3 Å². The summed E-state index contributed by atoms with van der Waals surface area (Å²) in [6, 6.07) is 12.9. The minimum absolute atomic E-state index is 0.224. The smallest absolute Gasteiger partial charge is 0.349 e. The second-order valence-corrected chi connectivity index (χ2v) is 6.68. The van der Waals surface area contributed by atoms with Gasteiger partial charge < -0.3 is 10.1 Å². The van der Waals surface area contributed by atoms with E-state index in [-0.39, 0.29) is 11.9 Å². The molecule has 22 heavy (non-hydrogen) atoms. The molecular weight excluding hydrogens is 298 g/mol. The number of carbonyl (C=O) groups excluding carboxylic acids is 2. The van der Waals surface area contributed by atoms with Crippen molar-refractivity contribution < 1.29 is 14.3 Å². The van der Waals surface area contributed by atoms with Gasteiger partial charge in [-0.2, -0.15) is 0 Å². The highest BCUT2D eigenvalue weighted by Crippen LogP contribution is 2.25. The molecule has 0 bridgehead atoms. The fraction of sp³-hybridized carbons (Fsp3) is 0.294. The fourth-order valence-electron chi connectivity index (χ4n) is 2.11. The van der Waals surface area contributed by atoms with Gasteiger partial charge in [0.25, 0.3) is 5.91 Å². The SMILES string of the molecule is Cc1ccc(C(=O)OC(C(=O)NC2CC2)c2ccccc2)s1. The van der Waals surface area contributed by atoms with Crippen molar-refractivity contribution in [2.45, 2.75) is 31.9 Å². The maximum atomic E-state index is 12.4. The number of rotatable bonds is 5. The summed E-state index contributed by atoms with van der Waals surface area (Å²) in [5.41, 5.74) is 0.683. The molecule has 1 aliphatic carbocycles. The molecule has 4 nitrogen and oxygen atoms in total. The monoisotopic (exact) mass is 315 g/mol. The number of thiophene rings is 1. The molecule has 0 radical (unpaired) electrons. The normalized spacial score (nSPS) is 15.1. The van der Waals surface area contributed by atoms with E-state index in [1.54, 1.807) is 18.2 Å². The van der Waals surface area contributed by atoms with Gasteiger partial charge in [-0.15, -0.1) is 11.3 Å². The third-order valence-corrected chi connectivity index (χ3v) is 4.41. The van der Waals surface area contributed by atoms with E-state index in [1.807, 2.05) is 31.2 Å². The standard InChI is InChI=1S/C17H17NO3S/c1-11-7-10-14(22-11)17(20)21-15(12-5-3-2-4-6-12)16(19)18-13-8-9-13/h2-7,10,13,15H,8-9H2,1H3,(H,18,19). The van der Waals surface area contributed by atoms with Crippen molar-refractivity contribution in [3.63, 3.8) is 0 Å². The molecule has 2 aromatic rings. The van der Waals surface area contributed by atoms with Crippen molar-refractivity contribution in [1.29, 1.82) is 0 Å². The van der Waals surface area contributed by atoms with Crippen LogP contribution in [-0.2, 0) is 9.53 Å². The highest BCUT2D eigenvalue weighted by atomic mass is 32.1. The van der Waals surface area contributed by atoms with Crippen LogP contribution in [0.2, 0.25) is 0 Å². The summed E-state index contributed by atoms with van der Waals surface area (Å²) in [4.78, 5) is 26.2. The van der Waals surface area contributed by atoms with Crippen LogP contribution in [-0.4, -0.2) is 17.9 Å². The summed E-state index contributed by atoms with van der Waals surface area (Å²) in [6.07, 6.45) is 1.08. The molecule has 1 heterocycles. The Kier molecular flexibility index (Phi) is 4.24. The van der Waals surface area contributed by atoms with E-state index in [2.05, 4.69) is 5.32 Å². The Hall–Kier alpha value is -2.14. The zero-order valence-electron chi connectivity index (χ0n) is 12.2. The summed E-state index contributed by atoms with van der Waals surface area (Å²) in [7, 11) is 0. The highest BCUT2D eigenvalue weighted by molar-refractivity contribution is 7.13. The average molecular weight is 315 g/mol. The number of hydrogen-bond donors (Lipinski definition) is 1. The van der Waals surface area contributed by atoms with Gasteiger partial charge in [-0.25, -0.2) is 4.79 Å². The molecule has 1 fully saturated rings. The van der Waals surface area contributed by atoms with E-state index in [9.17, 15) is 9.59 Å². The number of aryl methyl sites for hydroxylation is 1. The average Bonchev–Trinajstić information content (AvgIpc) is 3.23. The molecule has 1 atom stereocenters. The molecule has 1 aromatic carbocycles. The number of esters is 1. The Morgan fingerprint density at radius 1 is 1.18 bits per heavy atom. The van der Waals surface area contributed by atoms with Crippen LogP contribution in [0.1, 0.15) is 39.1 Å². The lowest BCUT2D eigenvalue weighted by Gasteiger charge is -2.17. The summed E-state index contributed by atoms with van der Waals surface area (Å²) in [5, 5.41) is 2.90. The van der Waals surface area contributed by atoms with Crippen molar-refractivity contribution in [1.82, 2.24) is 5.32 Å². The Balaban J connectivity index is 1.78. The third-order valence-electron chi connectivity index (χ3n) is 3.43. The molecule has 3 rings (SSSR count). The Labute approximate surface area is 133 Å². The molecule has 1 N–H and O–H groups in total. The van der Waals surface area contributed by atoms with Crippen molar-refractivity contribution in [3.05, 3.63) is 57.8 Å². The number of nitrogens with one attached hydrogen (secondary N) is 1. The van der Waals surface area contributed by atoms with Crippen LogP contribution < -0.4 is 5.32 Å². The van der Waals surface area contributed by atoms with E-state index in [0.29, 0.717) is 10.4 Å². The minimum atomic E-state index is -0.906. The largest absolute Gasteiger partial charge is 0.443 e. The Morgan fingerprint density at radius 2 is 1.91 bits per heavy atom. The molecule has 1 aromatic heterocycles. The van der Waals surface area contributed by atoms with E-state index >= 15 is 0 Å². The van der Waals surface area contributed by atoms with E-state index in [4.69, 9.17) is 4.74 Å². The molecule has 1 unspecified atom stereocenters. The predicted octanol–water partition coefficient (Wildman–Crippen LogP) is 3.23. The van der Waals surface area contributed by atoms with Gasteiger partial charge in [0.1, 0.15) is 4.88 Å². The number of ether oxygens (including phenoxy) is 1. The second-order valence-electron chi connectivity index (χ2n) is 5.39. The minimum Gasteiger partial charge on any atom is -0.443 e. The zero-order valence-corrected chi connectivity index (χ0v) is 13.1. The Bertz CT molecular complexity index is 676. The molecular formula is C17H17NO3S. The lowest BCUT2D eigenvalue weighted by atomic mass is 10.1. The predicted molar refractivity (Wildman–Crippen MR) is 84.8 cm³/mol. The quantitative estimate of drug-likeness (QED) is 0.862. The molecule has 1 saturated carbocycles. The van der Waals surface area contributed by atoms with Gasteiger partial charge in [0.15, 0.2) is 0 Å². The molecule has 1 amide bonds. The van der Waals surface area contributed by atoms with Gasteiger partial charge in [-0.1, -0.05) is 30.3 Å². The summed E-state index contributed by atoms with van der Waals surface area (Å²) < 4.78 is 5.49. The fourth-order valence-corrected chi connectivity index (χ4v) is 2.87. The van der Waals surface area contributed by atoms with Gasteiger partial charge in [-0.3, -0.25) is 4.79 Å². The summed E-state index contributed by atoms with van der Waals surface area (Å²) >= 11 is 1.36. The van der Waals surface area contributed by atoms with Gasteiger partial charge in [0, 0.05) is 16.5 Å². The van der Waals surface area contributed by atoms with Gasteiger partial charge in [0.2, 0.25) is 6.10 Å². The van der Waals surface area contributed by atoms with Crippen LogP contribution in [0.4, 0.5) is 0 Å². The first kappa shape index (κ1) is 14.8. The summed E-state index contributed by atoms with van der Waals surface area (Å²) in [6.45, 7) is 1.93. The van der Waals surface area contributed by atoms with Gasteiger partial charge in [-0.05, 0) is 31.9 Å². The lowest BCUT2D eigenvalue weighted by Crippen LogP contribution is -2.33. The first-order valence-electron chi connectivity index (χ1n) is 7.26. The first-order valence-corrected chi connectivity index (χ1v) is 8.08. The van der Waals surface area contributed by atoms with Crippen LogP contribution in [0.15, 0.2) is 42.5 Å². The lowest BCUT2D eigenvalue weighted by molar-refractivity contribution is -0.130.